The molecule has 124 valence electrons. The summed E-state index contributed by atoms with van der Waals surface area (Å²) in [5.41, 5.74) is 3.61. The third kappa shape index (κ3) is 2.74. The Hall–Kier alpha value is -3.21. The second-order valence-electron chi connectivity index (χ2n) is 6.27. The van der Waals surface area contributed by atoms with Crippen LogP contribution in [-0.2, 0) is 6.54 Å². The molecule has 0 aliphatic heterocycles. The van der Waals surface area contributed by atoms with Gasteiger partial charge in [-0.2, -0.15) is 0 Å². The molecular weight excluding hydrogens is 314 g/mol. The Morgan fingerprint density at radius 2 is 1.88 bits per heavy atom. The topological polar surface area (TPSA) is 64.0 Å². The van der Waals surface area contributed by atoms with Crippen molar-refractivity contribution in [1.29, 1.82) is 0 Å². The van der Waals surface area contributed by atoms with Crippen molar-refractivity contribution in [2.24, 2.45) is 0 Å². The Balaban J connectivity index is 1.54. The predicted octanol–water partition coefficient (Wildman–Crippen LogP) is 2.91. The number of ketones is 1. The molecule has 1 aromatic heterocycles. The molecule has 0 fully saturated rings. The Bertz CT molecular complexity index is 961. The van der Waals surface area contributed by atoms with Crippen molar-refractivity contribution in [3.63, 3.8) is 0 Å². The van der Waals surface area contributed by atoms with Crippen LogP contribution in [-0.4, -0.2) is 27.3 Å². The van der Waals surface area contributed by atoms with E-state index in [4.69, 9.17) is 0 Å². The lowest BCUT2D eigenvalue weighted by Gasteiger charge is -2.14. The maximum Gasteiger partial charge on any atom is 0.251 e. The monoisotopic (exact) mass is 331 g/mol. The van der Waals surface area contributed by atoms with Gasteiger partial charge in [0.15, 0.2) is 5.78 Å². The summed E-state index contributed by atoms with van der Waals surface area (Å²) >= 11 is 0. The van der Waals surface area contributed by atoms with Crippen LogP contribution in [0.15, 0.2) is 61.2 Å². The first-order valence-electron chi connectivity index (χ1n) is 8.18. The summed E-state index contributed by atoms with van der Waals surface area (Å²) in [5.74, 6) is -0.203. The van der Waals surface area contributed by atoms with Crippen molar-refractivity contribution < 1.29 is 9.59 Å². The van der Waals surface area contributed by atoms with E-state index in [-0.39, 0.29) is 17.7 Å². The molecular formula is C20H17N3O2. The van der Waals surface area contributed by atoms with Gasteiger partial charge in [0.1, 0.15) is 0 Å². The number of benzene rings is 2. The van der Waals surface area contributed by atoms with Gasteiger partial charge in [0, 0.05) is 41.7 Å². The predicted molar refractivity (Wildman–Crippen MR) is 94.5 cm³/mol. The van der Waals surface area contributed by atoms with Crippen LogP contribution >= 0.6 is 0 Å². The van der Waals surface area contributed by atoms with Gasteiger partial charge in [-0.25, -0.2) is 4.98 Å². The molecule has 4 rings (SSSR count). The second-order valence-corrected chi connectivity index (χ2v) is 6.27. The van der Waals surface area contributed by atoms with Gasteiger partial charge in [-0.05, 0) is 30.2 Å². The largest absolute Gasteiger partial charge is 0.348 e. The van der Waals surface area contributed by atoms with Gasteiger partial charge in [-0.1, -0.05) is 30.3 Å². The van der Waals surface area contributed by atoms with Crippen LogP contribution in [0.1, 0.15) is 33.2 Å². The summed E-state index contributed by atoms with van der Waals surface area (Å²) in [4.78, 5) is 29.1. The molecule has 0 radical (unpaired) electrons. The molecule has 1 atom stereocenters. The summed E-state index contributed by atoms with van der Waals surface area (Å²) in [6.07, 6.45) is 5.28. The van der Waals surface area contributed by atoms with E-state index in [0.29, 0.717) is 23.2 Å². The van der Waals surface area contributed by atoms with E-state index in [2.05, 4.69) is 10.3 Å². The SMILES string of the molecule is CC(Cn1ccnc1)NC(=O)c1ccc2c(c1)C(=O)c1ccccc1-2. The first kappa shape index (κ1) is 15.3. The summed E-state index contributed by atoms with van der Waals surface area (Å²) in [6.45, 7) is 2.58. The number of amides is 1. The Kier molecular flexibility index (Phi) is 3.69. The number of nitrogens with one attached hydrogen (secondary N) is 1. The van der Waals surface area contributed by atoms with Crippen LogP contribution in [0.2, 0.25) is 0 Å². The molecule has 5 heteroatoms. The van der Waals surface area contributed by atoms with Gasteiger partial charge >= 0.3 is 0 Å². The maximum absolute atomic E-state index is 12.6. The minimum Gasteiger partial charge on any atom is -0.348 e. The van der Waals surface area contributed by atoms with Crippen LogP contribution < -0.4 is 5.32 Å². The number of hydrogen-bond acceptors (Lipinski definition) is 3. The minimum atomic E-state index is -0.181. The number of imidazole rings is 1. The molecule has 5 nitrogen and oxygen atoms in total. The lowest BCUT2D eigenvalue weighted by molar-refractivity contribution is 0.0936. The number of rotatable bonds is 4. The third-order valence-corrected chi connectivity index (χ3v) is 4.41. The lowest BCUT2D eigenvalue weighted by atomic mass is 10.0. The molecule has 1 aliphatic rings. The molecule has 1 aliphatic carbocycles. The van der Waals surface area contributed by atoms with E-state index < -0.39 is 0 Å². The zero-order chi connectivity index (χ0) is 17.4. The van der Waals surface area contributed by atoms with Crippen molar-refractivity contribution in [2.45, 2.75) is 19.5 Å². The van der Waals surface area contributed by atoms with E-state index >= 15 is 0 Å². The van der Waals surface area contributed by atoms with E-state index in [0.717, 1.165) is 11.1 Å². The molecule has 1 amide bonds. The minimum absolute atomic E-state index is 0.0216. The van der Waals surface area contributed by atoms with Gasteiger partial charge in [-0.3, -0.25) is 9.59 Å². The van der Waals surface area contributed by atoms with Crippen LogP contribution in [0.3, 0.4) is 0 Å². The highest BCUT2D eigenvalue weighted by Crippen LogP contribution is 2.36. The van der Waals surface area contributed by atoms with E-state index in [1.807, 2.05) is 48.0 Å². The van der Waals surface area contributed by atoms with Gasteiger partial charge in [0.2, 0.25) is 0 Å². The highest BCUT2D eigenvalue weighted by Gasteiger charge is 2.27. The van der Waals surface area contributed by atoms with Crippen molar-refractivity contribution in [1.82, 2.24) is 14.9 Å². The molecule has 2 aromatic carbocycles. The molecule has 0 saturated carbocycles. The number of nitrogens with zero attached hydrogens (tertiary/aromatic N) is 2. The number of fused-ring (bicyclic) bond motifs is 3. The quantitative estimate of drug-likeness (QED) is 0.625. The number of carbonyl (C=O) groups is 2. The zero-order valence-electron chi connectivity index (χ0n) is 13.8. The Morgan fingerprint density at radius 1 is 1.12 bits per heavy atom. The number of carbonyl (C=O) groups excluding carboxylic acids is 2. The van der Waals surface area contributed by atoms with E-state index in [9.17, 15) is 9.59 Å². The fraction of sp³-hybridized carbons (Fsp3) is 0.150. The van der Waals surface area contributed by atoms with Crippen molar-refractivity contribution in [3.05, 3.63) is 77.9 Å². The van der Waals surface area contributed by atoms with E-state index in [1.165, 1.54) is 0 Å². The first-order chi connectivity index (χ1) is 12.1. The average Bonchev–Trinajstić information content (AvgIpc) is 3.22. The zero-order valence-corrected chi connectivity index (χ0v) is 13.8. The van der Waals surface area contributed by atoms with Gasteiger partial charge in [0.25, 0.3) is 5.91 Å². The fourth-order valence-corrected chi connectivity index (χ4v) is 3.23. The van der Waals surface area contributed by atoms with Gasteiger partial charge < -0.3 is 9.88 Å². The molecule has 0 bridgehead atoms. The molecule has 1 unspecified atom stereocenters. The van der Waals surface area contributed by atoms with Crippen molar-refractivity contribution in [3.8, 4) is 11.1 Å². The number of hydrogen-bond donors (Lipinski definition) is 1. The maximum atomic E-state index is 12.6. The lowest BCUT2D eigenvalue weighted by Crippen LogP contribution is -2.35. The summed E-state index contributed by atoms with van der Waals surface area (Å²) in [5, 5.41) is 2.96. The molecule has 1 N–H and O–H groups in total. The molecule has 3 aromatic rings. The number of aromatic nitrogens is 2. The van der Waals surface area contributed by atoms with Crippen LogP contribution in [0.5, 0.6) is 0 Å². The average molecular weight is 331 g/mol. The second kappa shape index (κ2) is 6.02. The standard InChI is InChI=1S/C20H17N3O2/c1-13(11-23-9-8-21-12-23)22-20(25)14-6-7-16-15-4-2-3-5-17(15)19(24)18(16)10-14/h2-10,12-13H,11H2,1H3,(H,22,25). The summed E-state index contributed by atoms with van der Waals surface area (Å²) in [7, 11) is 0. The van der Waals surface area contributed by atoms with Crippen LogP contribution in [0, 0.1) is 0 Å². The molecule has 25 heavy (non-hydrogen) atoms. The Labute approximate surface area is 145 Å². The van der Waals surface area contributed by atoms with Crippen molar-refractivity contribution in [2.75, 3.05) is 0 Å². The van der Waals surface area contributed by atoms with Crippen molar-refractivity contribution >= 4 is 11.7 Å². The highest BCUT2D eigenvalue weighted by atomic mass is 16.1. The fourth-order valence-electron chi connectivity index (χ4n) is 3.23. The molecule has 0 saturated heterocycles. The Morgan fingerprint density at radius 3 is 2.64 bits per heavy atom. The van der Waals surface area contributed by atoms with Gasteiger partial charge in [-0.15, -0.1) is 0 Å². The highest BCUT2D eigenvalue weighted by molar-refractivity contribution is 6.22. The third-order valence-electron chi connectivity index (χ3n) is 4.41. The summed E-state index contributed by atoms with van der Waals surface area (Å²) < 4.78 is 1.91. The molecule has 1 heterocycles. The normalized spacial score (nSPS) is 13.2. The van der Waals surface area contributed by atoms with Crippen LogP contribution in [0.4, 0.5) is 0 Å². The molecule has 0 spiro atoms. The smallest absolute Gasteiger partial charge is 0.251 e. The summed E-state index contributed by atoms with van der Waals surface area (Å²) in [6, 6.07) is 12.8. The van der Waals surface area contributed by atoms with E-state index in [1.54, 1.807) is 24.7 Å². The van der Waals surface area contributed by atoms with Gasteiger partial charge in [0.05, 0.1) is 6.33 Å². The van der Waals surface area contributed by atoms with Crippen LogP contribution in [0.25, 0.3) is 11.1 Å². The first-order valence-corrected chi connectivity index (χ1v) is 8.18.